The molecule has 144 valence electrons. The van der Waals surface area contributed by atoms with Gasteiger partial charge < -0.3 is 15.6 Å². The van der Waals surface area contributed by atoms with Gasteiger partial charge in [0.05, 0.1) is 0 Å². The molecule has 0 atom stereocenters. The first-order chi connectivity index (χ1) is 14.3. The molecule has 0 aliphatic heterocycles. The van der Waals surface area contributed by atoms with Crippen molar-refractivity contribution in [3.05, 3.63) is 66.2 Å². The molecular weight excluding hydrogens is 366 g/mol. The van der Waals surface area contributed by atoms with E-state index in [1.807, 2.05) is 42.6 Å². The minimum Gasteiger partial charge on any atom is -0.364 e. The van der Waals surface area contributed by atoms with Crippen molar-refractivity contribution in [3.63, 3.8) is 0 Å². The molecule has 0 unspecified atom stereocenters. The van der Waals surface area contributed by atoms with Crippen molar-refractivity contribution in [2.24, 2.45) is 0 Å². The van der Waals surface area contributed by atoms with Crippen molar-refractivity contribution in [1.29, 1.82) is 0 Å². The Morgan fingerprint density at radius 3 is 2.76 bits per heavy atom. The number of imidazole rings is 1. The number of rotatable bonds is 6. The van der Waals surface area contributed by atoms with Gasteiger partial charge in [0.25, 0.3) is 5.91 Å². The van der Waals surface area contributed by atoms with Gasteiger partial charge in [0.15, 0.2) is 11.5 Å². The number of nitrogens with one attached hydrogen (secondary N) is 3. The lowest BCUT2D eigenvalue weighted by molar-refractivity contribution is 0.0951. The van der Waals surface area contributed by atoms with E-state index in [0.29, 0.717) is 35.4 Å². The summed E-state index contributed by atoms with van der Waals surface area (Å²) in [5.74, 6) is 1.33. The molecule has 1 saturated carbocycles. The number of carbonyl (C=O) groups is 1. The van der Waals surface area contributed by atoms with Gasteiger partial charge >= 0.3 is 0 Å². The van der Waals surface area contributed by atoms with E-state index in [1.54, 1.807) is 6.20 Å². The third-order valence-corrected chi connectivity index (χ3v) is 4.80. The van der Waals surface area contributed by atoms with Crippen molar-refractivity contribution >= 4 is 22.9 Å². The van der Waals surface area contributed by atoms with Gasteiger partial charge in [0, 0.05) is 36.1 Å². The van der Waals surface area contributed by atoms with Gasteiger partial charge in [-0.05, 0) is 36.6 Å². The van der Waals surface area contributed by atoms with Gasteiger partial charge in [0.1, 0.15) is 17.7 Å². The predicted molar refractivity (Wildman–Crippen MR) is 109 cm³/mol. The highest BCUT2D eigenvalue weighted by molar-refractivity contribution is 5.95. The highest BCUT2D eigenvalue weighted by atomic mass is 16.1. The Bertz CT molecular complexity index is 1150. The molecule has 1 aliphatic rings. The van der Waals surface area contributed by atoms with Crippen LogP contribution in [-0.2, 0) is 6.54 Å². The zero-order valence-electron chi connectivity index (χ0n) is 15.6. The largest absolute Gasteiger partial charge is 0.364 e. The fraction of sp³-hybridized carbons (Fsp3) is 0.190. The molecule has 4 aromatic rings. The molecule has 3 N–H and O–H groups in total. The number of hydrogen-bond acceptors (Lipinski definition) is 6. The normalized spacial score (nSPS) is 13.4. The number of amides is 1. The Kier molecular flexibility index (Phi) is 4.36. The van der Waals surface area contributed by atoms with Crippen LogP contribution in [0.15, 0.2) is 55.1 Å². The van der Waals surface area contributed by atoms with E-state index in [1.165, 1.54) is 6.33 Å². The topological polar surface area (TPSA) is 108 Å². The minimum atomic E-state index is -0.0311. The molecule has 1 aliphatic carbocycles. The van der Waals surface area contributed by atoms with Crippen LogP contribution >= 0.6 is 0 Å². The average Bonchev–Trinajstić information content (AvgIpc) is 3.47. The molecule has 0 bridgehead atoms. The molecule has 0 saturated heterocycles. The third-order valence-electron chi connectivity index (χ3n) is 4.80. The van der Waals surface area contributed by atoms with Crippen molar-refractivity contribution in [1.82, 2.24) is 30.2 Å². The Balaban J connectivity index is 1.37. The SMILES string of the molecule is O=C(NC1CC1)c1ccc(-c2nc3ncnc(NCc4cccnc4)c3[nH]2)cc1. The highest BCUT2D eigenvalue weighted by Gasteiger charge is 2.23. The number of fused-ring (bicyclic) bond motifs is 1. The maximum Gasteiger partial charge on any atom is 0.251 e. The van der Waals surface area contributed by atoms with Crippen LogP contribution in [0.3, 0.4) is 0 Å². The van der Waals surface area contributed by atoms with E-state index < -0.39 is 0 Å². The van der Waals surface area contributed by atoms with Crippen LogP contribution in [0.1, 0.15) is 28.8 Å². The minimum absolute atomic E-state index is 0.0311. The lowest BCUT2D eigenvalue weighted by Gasteiger charge is -2.05. The molecule has 8 nitrogen and oxygen atoms in total. The quantitative estimate of drug-likeness (QED) is 0.471. The third kappa shape index (κ3) is 3.77. The van der Waals surface area contributed by atoms with Crippen molar-refractivity contribution in [3.8, 4) is 11.4 Å². The molecule has 1 aromatic carbocycles. The average molecular weight is 385 g/mol. The fourth-order valence-corrected chi connectivity index (χ4v) is 3.06. The van der Waals surface area contributed by atoms with Gasteiger partial charge in [-0.15, -0.1) is 0 Å². The predicted octanol–water partition coefficient (Wildman–Crippen LogP) is 2.92. The molecular formula is C21H19N7O. The zero-order valence-corrected chi connectivity index (χ0v) is 15.6. The first kappa shape index (κ1) is 17.3. The van der Waals surface area contributed by atoms with Gasteiger partial charge in [-0.2, -0.15) is 0 Å². The number of H-pyrrole nitrogens is 1. The monoisotopic (exact) mass is 385 g/mol. The van der Waals surface area contributed by atoms with Crippen LogP contribution in [0.4, 0.5) is 5.82 Å². The molecule has 0 spiro atoms. The summed E-state index contributed by atoms with van der Waals surface area (Å²) in [5.41, 5.74) is 3.90. The van der Waals surface area contributed by atoms with Crippen LogP contribution in [0, 0.1) is 0 Å². The summed E-state index contributed by atoms with van der Waals surface area (Å²) in [5, 5.41) is 6.29. The molecule has 3 heterocycles. The first-order valence-corrected chi connectivity index (χ1v) is 9.51. The van der Waals surface area contributed by atoms with Crippen LogP contribution in [0.25, 0.3) is 22.6 Å². The number of aromatic nitrogens is 5. The summed E-state index contributed by atoms with van der Waals surface area (Å²) in [4.78, 5) is 32.7. The number of nitrogens with zero attached hydrogens (tertiary/aromatic N) is 4. The summed E-state index contributed by atoms with van der Waals surface area (Å²) in [6.07, 6.45) is 7.19. The van der Waals surface area contributed by atoms with Crippen molar-refractivity contribution in [2.75, 3.05) is 5.32 Å². The molecule has 1 fully saturated rings. The second-order valence-electron chi connectivity index (χ2n) is 7.05. The Labute approximate surface area is 166 Å². The van der Waals surface area contributed by atoms with Crippen molar-refractivity contribution < 1.29 is 4.79 Å². The number of anilines is 1. The van der Waals surface area contributed by atoms with Gasteiger partial charge in [-0.1, -0.05) is 18.2 Å². The summed E-state index contributed by atoms with van der Waals surface area (Å²) < 4.78 is 0. The molecule has 29 heavy (non-hydrogen) atoms. The zero-order chi connectivity index (χ0) is 19.6. The fourth-order valence-electron chi connectivity index (χ4n) is 3.06. The molecule has 1 amide bonds. The number of pyridine rings is 1. The Morgan fingerprint density at radius 1 is 1.14 bits per heavy atom. The maximum atomic E-state index is 12.2. The molecule has 5 rings (SSSR count). The van der Waals surface area contributed by atoms with Crippen molar-refractivity contribution in [2.45, 2.75) is 25.4 Å². The number of hydrogen-bond donors (Lipinski definition) is 3. The second kappa shape index (κ2) is 7.31. The van der Waals surface area contributed by atoms with Crippen LogP contribution < -0.4 is 10.6 Å². The molecule has 8 heteroatoms. The van der Waals surface area contributed by atoms with Gasteiger partial charge in [-0.25, -0.2) is 15.0 Å². The Hall–Kier alpha value is -3.81. The number of benzene rings is 1. The smallest absolute Gasteiger partial charge is 0.251 e. The standard InChI is InChI=1S/C21H19N7O/c29-21(26-16-7-8-16)15-5-3-14(4-6-15)18-27-17-19(24-12-25-20(17)28-18)23-11-13-2-1-9-22-10-13/h1-6,9-10,12,16H,7-8,11H2,(H,26,29)(H2,23,24,25,27,28). The number of carbonyl (C=O) groups excluding carboxylic acids is 1. The lowest BCUT2D eigenvalue weighted by atomic mass is 10.1. The van der Waals surface area contributed by atoms with E-state index in [9.17, 15) is 4.79 Å². The van der Waals surface area contributed by atoms with E-state index in [-0.39, 0.29) is 5.91 Å². The maximum absolute atomic E-state index is 12.2. The van der Waals surface area contributed by atoms with Crippen LogP contribution in [0.2, 0.25) is 0 Å². The first-order valence-electron chi connectivity index (χ1n) is 9.51. The second-order valence-corrected chi connectivity index (χ2v) is 7.05. The van der Waals surface area contributed by atoms with Crippen LogP contribution in [-0.4, -0.2) is 36.9 Å². The Morgan fingerprint density at radius 2 is 2.00 bits per heavy atom. The summed E-state index contributed by atoms with van der Waals surface area (Å²) in [6, 6.07) is 11.6. The molecule has 0 radical (unpaired) electrons. The van der Waals surface area contributed by atoms with E-state index in [4.69, 9.17) is 0 Å². The summed E-state index contributed by atoms with van der Waals surface area (Å²) >= 11 is 0. The van der Waals surface area contributed by atoms with Crippen LogP contribution in [0.5, 0.6) is 0 Å². The van der Waals surface area contributed by atoms with E-state index in [0.717, 1.165) is 29.5 Å². The lowest BCUT2D eigenvalue weighted by Crippen LogP contribution is -2.25. The number of aromatic amines is 1. The highest BCUT2D eigenvalue weighted by Crippen LogP contribution is 2.24. The van der Waals surface area contributed by atoms with Gasteiger partial charge in [-0.3, -0.25) is 9.78 Å². The summed E-state index contributed by atoms with van der Waals surface area (Å²) in [6.45, 7) is 0.596. The summed E-state index contributed by atoms with van der Waals surface area (Å²) in [7, 11) is 0. The van der Waals surface area contributed by atoms with E-state index in [2.05, 4.69) is 35.6 Å². The molecule has 3 aromatic heterocycles. The van der Waals surface area contributed by atoms with Gasteiger partial charge in [0.2, 0.25) is 0 Å². The van der Waals surface area contributed by atoms with E-state index >= 15 is 0 Å².